The Hall–Kier alpha value is -0.0900. The van der Waals surface area contributed by atoms with Gasteiger partial charge in [0, 0.05) is 9.80 Å². The maximum atomic E-state index is 12.9. The number of nitrogen functional groups attached to an aromatic ring is 1. The Morgan fingerprint density at radius 2 is 2.09 bits per heavy atom. The van der Waals surface area contributed by atoms with Crippen molar-refractivity contribution in [2.45, 2.75) is 5.33 Å². The van der Waals surface area contributed by atoms with E-state index in [0.29, 0.717) is 9.80 Å². The highest BCUT2D eigenvalue weighted by atomic mass is 79.9. The van der Waals surface area contributed by atoms with Gasteiger partial charge in [-0.2, -0.15) is 0 Å². The van der Waals surface area contributed by atoms with Gasteiger partial charge >= 0.3 is 0 Å². The molecule has 4 heteroatoms. The summed E-state index contributed by atoms with van der Waals surface area (Å²) in [7, 11) is 0. The van der Waals surface area contributed by atoms with Crippen LogP contribution in [-0.4, -0.2) is 0 Å². The number of benzene rings is 1. The van der Waals surface area contributed by atoms with Gasteiger partial charge in [-0.05, 0) is 17.7 Å². The van der Waals surface area contributed by atoms with E-state index in [9.17, 15) is 4.39 Å². The van der Waals surface area contributed by atoms with Crippen LogP contribution in [0.1, 0.15) is 5.56 Å². The molecule has 0 aliphatic heterocycles. The fourth-order valence-electron chi connectivity index (χ4n) is 0.749. The Bertz CT molecular complexity index is 275. The molecule has 0 unspecified atom stereocenters. The molecular weight excluding hydrogens is 277 g/mol. The minimum Gasteiger partial charge on any atom is -0.396 e. The maximum Gasteiger partial charge on any atom is 0.147 e. The summed E-state index contributed by atoms with van der Waals surface area (Å²) < 4.78 is 13.6. The molecule has 0 fully saturated rings. The molecule has 0 spiro atoms. The number of nitrogens with two attached hydrogens (primary N) is 1. The third kappa shape index (κ3) is 1.93. The smallest absolute Gasteiger partial charge is 0.147 e. The SMILES string of the molecule is Nc1c(F)cc(Br)cc1CBr. The fourth-order valence-corrected chi connectivity index (χ4v) is 1.69. The number of hydrogen-bond acceptors (Lipinski definition) is 1. The van der Waals surface area contributed by atoms with E-state index in [4.69, 9.17) is 5.73 Å². The van der Waals surface area contributed by atoms with Gasteiger partial charge in [0.25, 0.3) is 0 Å². The van der Waals surface area contributed by atoms with E-state index in [-0.39, 0.29) is 11.5 Å². The molecular formula is C7H6Br2FN. The van der Waals surface area contributed by atoms with E-state index < -0.39 is 0 Å². The Labute approximate surface area is 81.0 Å². The quantitative estimate of drug-likeness (QED) is 0.622. The summed E-state index contributed by atoms with van der Waals surface area (Å²) in [6.45, 7) is 0. The molecule has 60 valence electrons. The average molecular weight is 283 g/mol. The summed E-state index contributed by atoms with van der Waals surface area (Å²) >= 11 is 6.38. The molecule has 11 heavy (non-hydrogen) atoms. The van der Waals surface area contributed by atoms with Gasteiger partial charge in [-0.3, -0.25) is 0 Å². The van der Waals surface area contributed by atoms with Crippen LogP contribution >= 0.6 is 31.9 Å². The largest absolute Gasteiger partial charge is 0.396 e. The molecule has 1 aromatic carbocycles. The lowest BCUT2D eigenvalue weighted by molar-refractivity contribution is 0.630. The molecule has 0 saturated carbocycles. The third-order valence-corrected chi connectivity index (χ3v) is 2.39. The van der Waals surface area contributed by atoms with Crippen molar-refractivity contribution < 1.29 is 4.39 Å². The van der Waals surface area contributed by atoms with Crippen molar-refractivity contribution in [1.82, 2.24) is 0 Å². The normalized spacial score (nSPS) is 10.1. The molecule has 1 aromatic rings. The molecule has 0 saturated heterocycles. The van der Waals surface area contributed by atoms with Crippen molar-refractivity contribution in [3.8, 4) is 0 Å². The van der Waals surface area contributed by atoms with Crippen molar-refractivity contribution in [2.24, 2.45) is 0 Å². The summed E-state index contributed by atoms with van der Waals surface area (Å²) in [4.78, 5) is 0. The van der Waals surface area contributed by atoms with Gasteiger partial charge in [0.15, 0.2) is 0 Å². The number of hydrogen-bond donors (Lipinski definition) is 1. The van der Waals surface area contributed by atoms with Crippen molar-refractivity contribution in [3.63, 3.8) is 0 Å². The lowest BCUT2D eigenvalue weighted by Crippen LogP contribution is -1.95. The molecule has 1 nitrogen and oxygen atoms in total. The van der Waals surface area contributed by atoms with Crippen molar-refractivity contribution in [1.29, 1.82) is 0 Å². The van der Waals surface area contributed by atoms with E-state index in [0.717, 1.165) is 5.56 Å². The van der Waals surface area contributed by atoms with Crippen LogP contribution in [0, 0.1) is 5.82 Å². The zero-order chi connectivity index (χ0) is 8.43. The van der Waals surface area contributed by atoms with Crippen LogP contribution in [0.25, 0.3) is 0 Å². The summed E-state index contributed by atoms with van der Waals surface area (Å²) in [5.74, 6) is -0.381. The highest BCUT2D eigenvalue weighted by molar-refractivity contribution is 9.10. The summed E-state index contributed by atoms with van der Waals surface area (Å²) in [5, 5.41) is 0.565. The predicted molar refractivity (Wildman–Crippen MR) is 51.1 cm³/mol. The lowest BCUT2D eigenvalue weighted by Gasteiger charge is -2.03. The highest BCUT2D eigenvalue weighted by Gasteiger charge is 2.04. The zero-order valence-corrected chi connectivity index (χ0v) is 8.75. The Balaban J connectivity index is 3.24. The van der Waals surface area contributed by atoms with E-state index >= 15 is 0 Å². The molecule has 0 aromatic heterocycles. The maximum absolute atomic E-state index is 12.9. The fraction of sp³-hybridized carbons (Fsp3) is 0.143. The second kappa shape index (κ2) is 3.54. The van der Waals surface area contributed by atoms with Crippen LogP contribution in [0.3, 0.4) is 0 Å². The van der Waals surface area contributed by atoms with Gasteiger partial charge < -0.3 is 5.73 Å². The molecule has 0 heterocycles. The van der Waals surface area contributed by atoms with Gasteiger partial charge in [-0.15, -0.1) is 0 Å². The highest BCUT2D eigenvalue weighted by Crippen LogP contribution is 2.23. The van der Waals surface area contributed by atoms with Gasteiger partial charge in [0.05, 0.1) is 5.69 Å². The third-order valence-electron chi connectivity index (χ3n) is 1.32. The summed E-state index contributed by atoms with van der Waals surface area (Å²) in [6.07, 6.45) is 0. The van der Waals surface area contributed by atoms with Gasteiger partial charge in [-0.25, -0.2) is 4.39 Å². The molecule has 0 aliphatic rings. The van der Waals surface area contributed by atoms with Gasteiger partial charge in [0.2, 0.25) is 0 Å². The van der Waals surface area contributed by atoms with Crippen LogP contribution in [0.2, 0.25) is 0 Å². The first kappa shape index (κ1) is 9.00. The predicted octanol–water partition coefficient (Wildman–Crippen LogP) is 3.07. The number of anilines is 1. The number of rotatable bonds is 1. The molecule has 0 aliphatic carbocycles. The Morgan fingerprint density at radius 1 is 1.45 bits per heavy atom. The van der Waals surface area contributed by atoms with Crippen molar-refractivity contribution in [2.75, 3.05) is 5.73 Å². The van der Waals surface area contributed by atoms with Crippen molar-refractivity contribution >= 4 is 37.5 Å². The number of halogens is 3. The van der Waals surface area contributed by atoms with Crippen LogP contribution < -0.4 is 5.73 Å². The second-order valence-corrected chi connectivity index (χ2v) is 3.57. The molecule has 2 N–H and O–H groups in total. The topological polar surface area (TPSA) is 26.0 Å². The summed E-state index contributed by atoms with van der Waals surface area (Å²) in [5.41, 5.74) is 6.41. The Morgan fingerprint density at radius 3 is 2.64 bits per heavy atom. The van der Waals surface area contributed by atoms with E-state index in [1.807, 2.05) is 0 Å². The van der Waals surface area contributed by atoms with Crippen LogP contribution in [0.4, 0.5) is 10.1 Å². The molecule has 0 bridgehead atoms. The molecule has 0 radical (unpaired) electrons. The van der Waals surface area contributed by atoms with Crippen LogP contribution in [-0.2, 0) is 5.33 Å². The second-order valence-electron chi connectivity index (χ2n) is 2.09. The van der Waals surface area contributed by atoms with Crippen molar-refractivity contribution in [3.05, 3.63) is 28.0 Å². The van der Waals surface area contributed by atoms with E-state index in [1.165, 1.54) is 6.07 Å². The monoisotopic (exact) mass is 281 g/mol. The molecule has 0 amide bonds. The first-order chi connectivity index (χ1) is 5.15. The first-order valence-electron chi connectivity index (χ1n) is 2.94. The van der Waals surface area contributed by atoms with Gasteiger partial charge in [-0.1, -0.05) is 31.9 Å². The van der Waals surface area contributed by atoms with Gasteiger partial charge in [0.1, 0.15) is 5.82 Å². The molecule has 1 rings (SSSR count). The van der Waals surface area contributed by atoms with E-state index in [1.54, 1.807) is 6.07 Å². The van der Waals surface area contributed by atoms with Crippen LogP contribution in [0.5, 0.6) is 0 Å². The molecule has 0 atom stereocenters. The minimum absolute atomic E-state index is 0.213. The zero-order valence-electron chi connectivity index (χ0n) is 5.57. The van der Waals surface area contributed by atoms with E-state index in [2.05, 4.69) is 31.9 Å². The standard InChI is InChI=1S/C7H6Br2FN/c8-3-4-1-5(9)2-6(10)7(4)11/h1-2H,3,11H2. The Kier molecular flexibility index (Phi) is 2.90. The van der Waals surface area contributed by atoms with Crippen LogP contribution in [0.15, 0.2) is 16.6 Å². The first-order valence-corrected chi connectivity index (χ1v) is 4.86. The summed E-state index contributed by atoms with van der Waals surface area (Å²) in [6, 6.07) is 3.13. The minimum atomic E-state index is -0.381. The number of alkyl halides is 1. The average Bonchev–Trinajstić information content (AvgIpc) is 1.96. The lowest BCUT2D eigenvalue weighted by atomic mass is 10.2.